The average molecular weight is 298 g/mol. The van der Waals surface area contributed by atoms with Crippen LogP contribution in [0, 0.1) is 5.92 Å². The van der Waals surface area contributed by atoms with E-state index in [9.17, 15) is 14.2 Å². The normalized spacial score (nSPS) is 12.5. The van der Waals surface area contributed by atoms with Crippen LogP contribution >= 0.6 is 7.80 Å². The molecule has 0 bridgehead atoms. The lowest BCUT2D eigenvalue weighted by molar-refractivity contribution is -0.142. The van der Waals surface area contributed by atoms with Gasteiger partial charge in [0.25, 0.3) is 0 Å². The van der Waals surface area contributed by atoms with Gasteiger partial charge in [-0.1, -0.05) is 22.8 Å². The molecule has 1 aromatic rings. The molecule has 6 nitrogen and oxygen atoms in total. The third-order valence-corrected chi connectivity index (χ3v) is 4.07. The van der Waals surface area contributed by atoms with Crippen LogP contribution in [0.15, 0.2) is 30.3 Å². The van der Waals surface area contributed by atoms with E-state index in [0.29, 0.717) is 0 Å². The van der Waals surface area contributed by atoms with Crippen molar-refractivity contribution in [1.82, 2.24) is 0 Å². The highest BCUT2D eigenvalue weighted by Crippen LogP contribution is 2.27. The topological polar surface area (TPSA) is 104 Å². The number of carboxylic acid groups (broad SMARTS) is 2. The summed E-state index contributed by atoms with van der Waals surface area (Å²) in [5, 5.41) is 20.5. The van der Waals surface area contributed by atoms with Crippen LogP contribution in [-0.4, -0.2) is 34.6 Å². The second kappa shape index (κ2) is 8.27. The van der Waals surface area contributed by atoms with Gasteiger partial charge in [-0.3, -0.25) is 9.59 Å². The van der Waals surface area contributed by atoms with Gasteiger partial charge >= 0.3 is 19.7 Å². The molecule has 1 rings (SSSR count). The Kier molecular flexibility index (Phi) is 6.67. The van der Waals surface area contributed by atoms with E-state index < -0.39 is 25.7 Å². The molecule has 0 spiro atoms. The van der Waals surface area contributed by atoms with Crippen molar-refractivity contribution in [1.29, 1.82) is 0 Å². The molecule has 0 aliphatic rings. The lowest BCUT2D eigenvalue weighted by Gasteiger charge is -2.05. The smallest absolute Gasteiger partial charge is 0.360 e. The van der Waals surface area contributed by atoms with Crippen LogP contribution in [0.25, 0.3) is 0 Å². The van der Waals surface area contributed by atoms with E-state index in [4.69, 9.17) is 10.2 Å². The minimum absolute atomic E-state index is 0.00290. The lowest BCUT2D eigenvalue weighted by atomic mass is 10.1. The molecule has 0 amide bonds. The predicted molar refractivity (Wildman–Crippen MR) is 75.4 cm³/mol. The Balaban J connectivity index is 2.41. The third-order valence-electron chi connectivity index (χ3n) is 2.71. The van der Waals surface area contributed by atoms with Crippen molar-refractivity contribution in [2.24, 2.45) is 5.92 Å². The molecule has 0 aromatic heterocycles. The summed E-state index contributed by atoms with van der Waals surface area (Å²) >= 11 is 0. The highest BCUT2D eigenvalue weighted by Gasteiger charge is 2.28. The van der Waals surface area contributed by atoms with Crippen LogP contribution in [0.1, 0.15) is 12.8 Å². The summed E-state index contributed by atoms with van der Waals surface area (Å²) in [6, 6.07) is 9.17. The zero-order valence-corrected chi connectivity index (χ0v) is 11.8. The summed E-state index contributed by atoms with van der Waals surface area (Å²) in [5.41, 5.74) is 0.813. The summed E-state index contributed by atoms with van der Waals surface area (Å²) < 4.78 is 11.9. The quantitative estimate of drug-likeness (QED) is 0.605. The largest absolute Gasteiger partial charge is 0.481 e. The predicted octanol–water partition coefficient (Wildman–Crippen LogP) is 2.45. The Morgan fingerprint density at radius 1 is 1.20 bits per heavy atom. The van der Waals surface area contributed by atoms with Gasteiger partial charge in [0.15, 0.2) is 6.16 Å². The first kappa shape index (κ1) is 16.1. The number of nitrogens with one attached hydrogen (secondary N) is 1. The number of benzene rings is 1. The molecular weight excluding hydrogens is 281 g/mol. The number of carboxylic acids is 2. The molecular formula is C13H17NO5P+. The van der Waals surface area contributed by atoms with Gasteiger partial charge in [-0.05, 0) is 18.6 Å². The number of hydrogen-bond donors (Lipinski definition) is 3. The maximum Gasteiger partial charge on any atom is 0.360 e. The van der Waals surface area contributed by atoms with Gasteiger partial charge in [0.05, 0.1) is 0 Å². The maximum absolute atomic E-state index is 11.9. The first-order chi connectivity index (χ1) is 9.49. The second-order valence-electron chi connectivity index (χ2n) is 4.33. The SMILES string of the molecule is O=C(O)CCC(C[P+](=O)CNc1ccccc1)C(=O)O. The molecule has 0 saturated heterocycles. The fourth-order valence-electron chi connectivity index (χ4n) is 1.64. The average Bonchev–Trinajstić information content (AvgIpc) is 2.41. The van der Waals surface area contributed by atoms with Gasteiger partial charge in [-0.25, -0.2) is 0 Å². The van der Waals surface area contributed by atoms with E-state index >= 15 is 0 Å². The minimum Gasteiger partial charge on any atom is -0.481 e. The van der Waals surface area contributed by atoms with Gasteiger partial charge in [0.2, 0.25) is 6.29 Å². The summed E-state index contributed by atoms with van der Waals surface area (Å²) in [4.78, 5) is 21.4. The fourth-order valence-corrected chi connectivity index (χ4v) is 2.95. The van der Waals surface area contributed by atoms with Gasteiger partial charge < -0.3 is 15.5 Å². The Hall–Kier alpha value is -1.94. The van der Waals surface area contributed by atoms with E-state index in [-0.39, 0.29) is 25.3 Å². The molecule has 1 aromatic carbocycles. The summed E-state index contributed by atoms with van der Waals surface area (Å²) in [5.74, 6) is -3.03. The molecule has 20 heavy (non-hydrogen) atoms. The number of para-hydroxylation sites is 1. The van der Waals surface area contributed by atoms with Crippen molar-refractivity contribution in [3.8, 4) is 0 Å². The Morgan fingerprint density at radius 3 is 2.40 bits per heavy atom. The van der Waals surface area contributed by atoms with Crippen molar-refractivity contribution in [3.63, 3.8) is 0 Å². The zero-order chi connectivity index (χ0) is 15.0. The number of aliphatic carboxylic acids is 2. The number of anilines is 1. The van der Waals surface area contributed by atoms with E-state index in [1.807, 2.05) is 30.3 Å². The molecule has 0 saturated carbocycles. The Morgan fingerprint density at radius 2 is 1.85 bits per heavy atom. The van der Waals surface area contributed by atoms with Crippen LogP contribution in [-0.2, 0) is 14.2 Å². The molecule has 2 atom stereocenters. The van der Waals surface area contributed by atoms with E-state index in [2.05, 4.69) is 5.32 Å². The molecule has 7 heteroatoms. The second-order valence-corrected chi connectivity index (χ2v) is 5.98. The van der Waals surface area contributed by atoms with Crippen LogP contribution < -0.4 is 5.32 Å². The van der Waals surface area contributed by atoms with Gasteiger partial charge in [-0.2, -0.15) is 0 Å². The van der Waals surface area contributed by atoms with Crippen molar-refractivity contribution < 1.29 is 24.4 Å². The fraction of sp³-hybridized carbons (Fsp3) is 0.385. The zero-order valence-electron chi connectivity index (χ0n) is 10.9. The number of rotatable bonds is 9. The third kappa shape index (κ3) is 6.29. The molecule has 0 fully saturated rings. The van der Waals surface area contributed by atoms with E-state index in [0.717, 1.165) is 5.69 Å². The Labute approximate surface area is 117 Å². The number of carbonyl (C=O) groups is 2. The van der Waals surface area contributed by atoms with Gasteiger partial charge in [0.1, 0.15) is 5.92 Å². The van der Waals surface area contributed by atoms with Crippen molar-refractivity contribution in [2.45, 2.75) is 12.8 Å². The van der Waals surface area contributed by atoms with Crippen LogP contribution in [0.2, 0.25) is 0 Å². The van der Waals surface area contributed by atoms with Crippen molar-refractivity contribution >= 4 is 25.4 Å². The van der Waals surface area contributed by atoms with Crippen LogP contribution in [0.4, 0.5) is 5.69 Å². The number of hydrogen-bond acceptors (Lipinski definition) is 4. The molecule has 108 valence electrons. The molecule has 0 heterocycles. The monoisotopic (exact) mass is 298 g/mol. The first-order valence-electron chi connectivity index (χ1n) is 6.14. The summed E-state index contributed by atoms with van der Waals surface area (Å²) in [6.07, 6.45) is -0.0721. The van der Waals surface area contributed by atoms with E-state index in [1.165, 1.54) is 0 Å². The molecule has 3 N–H and O–H groups in total. The maximum atomic E-state index is 11.9. The molecule has 0 aliphatic heterocycles. The van der Waals surface area contributed by atoms with Gasteiger partial charge in [0, 0.05) is 12.1 Å². The molecule has 0 aliphatic carbocycles. The minimum atomic E-state index is -1.74. The van der Waals surface area contributed by atoms with Crippen molar-refractivity contribution in [2.75, 3.05) is 17.8 Å². The summed E-state index contributed by atoms with van der Waals surface area (Å²) in [6.45, 7) is 0. The van der Waals surface area contributed by atoms with Gasteiger partial charge in [-0.15, -0.1) is 0 Å². The highest BCUT2D eigenvalue weighted by atomic mass is 31.1. The molecule has 2 unspecified atom stereocenters. The molecule has 0 radical (unpaired) electrons. The van der Waals surface area contributed by atoms with Crippen molar-refractivity contribution in [3.05, 3.63) is 30.3 Å². The van der Waals surface area contributed by atoms with Crippen LogP contribution in [0.5, 0.6) is 0 Å². The van der Waals surface area contributed by atoms with E-state index in [1.54, 1.807) is 0 Å². The first-order valence-corrected chi connectivity index (χ1v) is 7.77. The summed E-state index contributed by atoms with van der Waals surface area (Å²) in [7, 11) is -1.74. The standard InChI is InChI=1S/C13H16NO5P/c15-12(16)7-6-10(13(17)18)8-20(19)9-14-11-4-2-1-3-5-11/h1-5,10,14H,6-9H2,(H-,15,16,17,18)/p+1. The lowest BCUT2D eigenvalue weighted by Crippen LogP contribution is -2.18. The van der Waals surface area contributed by atoms with Crippen LogP contribution in [0.3, 0.4) is 0 Å². The Bertz CT molecular complexity index is 477. The highest BCUT2D eigenvalue weighted by molar-refractivity contribution is 7.44.